The highest BCUT2D eigenvalue weighted by molar-refractivity contribution is 8.02. The van der Waals surface area contributed by atoms with Gasteiger partial charge in [0.15, 0.2) is 0 Å². The molecule has 0 saturated heterocycles. The first kappa shape index (κ1) is 15.2. The van der Waals surface area contributed by atoms with Crippen molar-refractivity contribution in [2.45, 2.75) is 16.7 Å². The Morgan fingerprint density at radius 3 is 2.10 bits per heavy atom. The molecule has 0 fully saturated rings. The van der Waals surface area contributed by atoms with Crippen molar-refractivity contribution in [3.05, 3.63) is 59.1 Å². The first-order valence-corrected chi connectivity index (χ1v) is 8.66. The van der Waals surface area contributed by atoms with Gasteiger partial charge in [0.05, 0.1) is 9.79 Å². The summed E-state index contributed by atoms with van der Waals surface area (Å²) in [7, 11) is -5.68. The molecular formula is C13H12ClNO3S2. The fourth-order valence-corrected chi connectivity index (χ4v) is 4.04. The third-order valence-corrected chi connectivity index (χ3v) is 5.87. The summed E-state index contributed by atoms with van der Waals surface area (Å²) in [6.45, 7) is 1.86. The van der Waals surface area contributed by atoms with E-state index in [-0.39, 0.29) is 4.90 Å². The van der Waals surface area contributed by atoms with Crippen LogP contribution < -0.4 is 4.13 Å². The van der Waals surface area contributed by atoms with E-state index in [2.05, 4.69) is 4.13 Å². The molecule has 2 rings (SSSR count). The van der Waals surface area contributed by atoms with Crippen LogP contribution in [0.4, 0.5) is 0 Å². The summed E-state index contributed by atoms with van der Waals surface area (Å²) in [4.78, 5) is 0.413. The van der Waals surface area contributed by atoms with E-state index in [0.717, 1.165) is 5.56 Å². The summed E-state index contributed by atoms with van der Waals surface area (Å²) >= 11 is 5.72. The van der Waals surface area contributed by atoms with E-state index >= 15 is 0 Å². The SMILES string of the molecule is Cc1ccc(S(=O)(=O)NS(=O)c2ccc(Cl)cc2)cc1. The second-order valence-electron chi connectivity index (χ2n) is 4.12. The molecule has 0 amide bonds. The molecular weight excluding hydrogens is 318 g/mol. The summed E-state index contributed by atoms with van der Waals surface area (Å²) in [5.74, 6) is 0. The summed E-state index contributed by atoms with van der Waals surface area (Å²) in [5, 5.41) is 0.493. The number of aryl methyl sites for hydroxylation is 1. The van der Waals surface area contributed by atoms with Crippen molar-refractivity contribution in [2.75, 3.05) is 0 Å². The summed E-state index contributed by atoms with van der Waals surface area (Å²) in [6, 6.07) is 12.4. The zero-order valence-corrected chi connectivity index (χ0v) is 12.9. The van der Waals surface area contributed by atoms with Crippen LogP contribution in [0.15, 0.2) is 58.3 Å². The van der Waals surface area contributed by atoms with Crippen LogP contribution in [0, 0.1) is 6.92 Å². The smallest absolute Gasteiger partial charge is 0.237 e. The lowest BCUT2D eigenvalue weighted by Gasteiger charge is -2.07. The lowest BCUT2D eigenvalue weighted by molar-refractivity contribution is 0.592. The first-order chi connectivity index (χ1) is 9.38. The predicted octanol–water partition coefficient (Wildman–Crippen LogP) is 2.65. The van der Waals surface area contributed by atoms with Crippen molar-refractivity contribution in [3.63, 3.8) is 0 Å². The van der Waals surface area contributed by atoms with E-state index in [4.69, 9.17) is 11.6 Å². The van der Waals surface area contributed by atoms with Gasteiger partial charge in [-0.2, -0.15) is 0 Å². The van der Waals surface area contributed by atoms with Gasteiger partial charge < -0.3 is 0 Å². The largest absolute Gasteiger partial charge is 0.251 e. The van der Waals surface area contributed by atoms with Crippen LogP contribution in [0.2, 0.25) is 5.02 Å². The van der Waals surface area contributed by atoms with Gasteiger partial charge in [-0.1, -0.05) is 29.3 Å². The fourth-order valence-electron chi connectivity index (χ4n) is 1.47. The third kappa shape index (κ3) is 3.67. The average Bonchev–Trinajstić information content (AvgIpc) is 2.39. The molecule has 0 spiro atoms. The topological polar surface area (TPSA) is 63.2 Å². The lowest BCUT2D eigenvalue weighted by atomic mass is 10.2. The van der Waals surface area contributed by atoms with Gasteiger partial charge >= 0.3 is 0 Å². The molecule has 0 aliphatic carbocycles. The minimum atomic E-state index is -3.82. The molecule has 1 unspecified atom stereocenters. The van der Waals surface area contributed by atoms with Crippen LogP contribution in [-0.4, -0.2) is 12.6 Å². The van der Waals surface area contributed by atoms with Crippen molar-refractivity contribution in [3.8, 4) is 0 Å². The van der Waals surface area contributed by atoms with Crippen molar-refractivity contribution < 1.29 is 12.6 Å². The van der Waals surface area contributed by atoms with E-state index in [1.54, 1.807) is 24.3 Å². The van der Waals surface area contributed by atoms with Gasteiger partial charge in [-0.25, -0.2) is 12.6 Å². The van der Waals surface area contributed by atoms with Gasteiger partial charge in [0, 0.05) is 5.02 Å². The molecule has 0 bridgehead atoms. The van der Waals surface area contributed by atoms with Crippen molar-refractivity contribution in [1.82, 2.24) is 4.13 Å². The van der Waals surface area contributed by atoms with Gasteiger partial charge in [0.1, 0.15) is 11.0 Å². The molecule has 106 valence electrons. The normalized spacial score (nSPS) is 13.1. The molecule has 20 heavy (non-hydrogen) atoms. The van der Waals surface area contributed by atoms with Crippen molar-refractivity contribution in [2.24, 2.45) is 0 Å². The highest BCUT2D eigenvalue weighted by atomic mass is 35.5. The van der Waals surface area contributed by atoms with Gasteiger partial charge in [-0.15, -0.1) is 4.13 Å². The number of nitrogens with one attached hydrogen (secondary N) is 1. The molecule has 2 aromatic rings. The Kier molecular flexibility index (Phi) is 4.59. The molecule has 0 radical (unpaired) electrons. The zero-order valence-electron chi connectivity index (χ0n) is 10.5. The highest BCUT2D eigenvalue weighted by Gasteiger charge is 2.18. The van der Waals surface area contributed by atoms with E-state index in [1.807, 2.05) is 6.92 Å². The van der Waals surface area contributed by atoms with Crippen LogP contribution >= 0.6 is 11.6 Å². The van der Waals surface area contributed by atoms with Gasteiger partial charge in [-0.05, 0) is 43.3 Å². The molecule has 0 aliphatic heterocycles. The Hall–Kier alpha value is -1.21. The van der Waals surface area contributed by atoms with E-state index in [0.29, 0.717) is 9.92 Å². The molecule has 0 saturated carbocycles. The number of sulfonamides is 1. The lowest BCUT2D eigenvalue weighted by Crippen LogP contribution is -2.26. The number of rotatable bonds is 4. The average molecular weight is 330 g/mol. The number of halogens is 1. The molecule has 1 atom stereocenters. The second-order valence-corrected chi connectivity index (χ2v) is 7.71. The highest BCUT2D eigenvalue weighted by Crippen LogP contribution is 2.15. The van der Waals surface area contributed by atoms with Crippen LogP contribution in [0.1, 0.15) is 5.56 Å². The second kappa shape index (κ2) is 6.05. The molecule has 7 heteroatoms. The van der Waals surface area contributed by atoms with E-state index in [1.165, 1.54) is 24.3 Å². The molecule has 0 aliphatic rings. The minimum absolute atomic E-state index is 0.0745. The third-order valence-electron chi connectivity index (χ3n) is 2.54. The maximum atomic E-state index is 12.1. The summed E-state index contributed by atoms with van der Waals surface area (Å²) < 4.78 is 38.2. The Balaban J connectivity index is 2.22. The van der Waals surface area contributed by atoms with Crippen LogP contribution in [0.25, 0.3) is 0 Å². The Morgan fingerprint density at radius 2 is 1.55 bits per heavy atom. The van der Waals surface area contributed by atoms with E-state index in [9.17, 15) is 12.6 Å². The van der Waals surface area contributed by atoms with Crippen molar-refractivity contribution >= 4 is 32.6 Å². The van der Waals surface area contributed by atoms with Crippen LogP contribution in [0.3, 0.4) is 0 Å². The fraction of sp³-hybridized carbons (Fsp3) is 0.0769. The maximum absolute atomic E-state index is 12.1. The molecule has 0 heterocycles. The standard InChI is InChI=1S/C13H12ClNO3S2/c1-10-2-8-13(9-3-10)20(17,18)15-19(16)12-6-4-11(14)5-7-12/h2-9,15H,1H3. The quantitative estimate of drug-likeness (QED) is 0.938. The number of benzene rings is 2. The number of hydrogen-bond donors (Lipinski definition) is 1. The molecule has 4 nitrogen and oxygen atoms in total. The zero-order chi connectivity index (χ0) is 14.8. The van der Waals surface area contributed by atoms with Crippen molar-refractivity contribution in [1.29, 1.82) is 0 Å². The Labute approximate surface area is 125 Å². The predicted molar refractivity (Wildman–Crippen MR) is 79.4 cm³/mol. The van der Waals surface area contributed by atoms with Crippen LogP contribution in [-0.2, 0) is 21.0 Å². The van der Waals surface area contributed by atoms with E-state index < -0.39 is 21.0 Å². The summed E-state index contributed by atoms with van der Waals surface area (Å²) in [5.41, 5.74) is 0.947. The molecule has 2 aromatic carbocycles. The minimum Gasteiger partial charge on any atom is -0.237 e. The van der Waals surface area contributed by atoms with Gasteiger partial charge in [0.25, 0.3) is 10.0 Å². The molecule has 0 aromatic heterocycles. The summed E-state index contributed by atoms with van der Waals surface area (Å²) in [6.07, 6.45) is 0. The molecule has 1 N–H and O–H groups in total. The van der Waals surface area contributed by atoms with Crippen LogP contribution in [0.5, 0.6) is 0 Å². The van der Waals surface area contributed by atoms with Gasteiger partial charge in [0.2, 0.25) is 0 Å². The Bertz CT molecular complexity index is 725. The monoisotopic (exact) mass is 329 g/mol. The number of hydrogen-bond acceptors (Lipinski definition) is 3. The van der Waals surface area contributed by atoms with Gasteiger partial charge in [-0.3, -0.25) is 0 Å². The maximum Gasteiger partial charge on any atom is 0.251 e. The Morgan fingerprint density at radius 1 is 1.00 bits per heavy atom. The first-order valence-electron chi connectivity index (χ1n) is 5.65.